The minimum Gasteiger partial charge on any atom is -0.394 e. The Hall–Kier alpha value is -2.50. The second-order valence-electron chi connectivity index (χ2n) is 14.0. The van der Waals surface area contributed by atoms with Crippen molar-refractivity contribution < 1.29 is 29.0 Å². The van der Waals surface area contributed by atoms with Crippen molar-refractivity contribution in [2.24, 2.45) is 11.3 Å². The standard InChI is InChI=1S/C33H59N5O6/c1-22(2)27(21-24(5)31(42)38-17-12-14-25(38)29(40)34-15-19-44-20-18-39)36(9)32(43)28(33(6,7)8)35-30(41)26-13-10-11-16-37(26)23(3)4/h21-23,25-28,39H,10-20H2,1-9H3,(H,34,40)(H,35,41)/b24-21+/t25-,26?,27+,28+/m0/s1. The van der Waals surface area contributed by atoms with Gasteiger partial charge in [-0.25, -0.2) is 0 Å². The average molecular weight is 622 g/mol. The van der Waals surface area contributed by atoms with Gasteiger partial charge in [0, 0.05) is 31.8 Å². The number of carbonyl (C=O) groups excluding carboxylic acids is 4. The summed E-state index contributed by atoms with van der Waals surface area (Å²) in [5, 5.41) is 14.8. The molecule has 2 aliphatic rings. The van der Waals surface area contributed by atoms with Crippen LogP contribution in [0.2, 0.25) is 0 Å². The second kappa shape index (κ2) is 17.3. The monoisotopic (exact) mass is 621 g/mol. The fourth-order valence-corrected chi connectivity index (χ4v) is 6.21. The van der Waals surface area contributed by atoms with Crippen molar-refractivity contribution in [1.82, 2.24) is 25.3 Å². The van der Waals surface area contributed by atoms with Gasteiger partial charge in [-0.1, -0.05) is 47.1 Å². The van der Waals surface area contributed by atoms with E-state index in [9.17, 15) is 19.2 Å². The second-order valence-corrected chi connectivity index (χ2v) is 14.0. The van der Waals surface area contributed by atoms with Crippen LogP contribution < -0.4 is 10.6 Å². The molecule has 0 radical (unpaired) electrons. The number of hydrogen-bond donors (Lipinski definition) is 3. The van der Waals surface area contributed by atoms with Crippen molar-refractivity contribution in [3.8, 4) is 0 Å². The van der Waals surface area contributed by atoms with E-state index in [4.69, 9.17) is 9.84 Å². The molecule has 0 saturated carbocycles. The summed E-state index contributed by atoms with van der Waals surface area (Å²) in [6.45, 7) is 17.9. The molecule has 11 nitrogen and oxygen atoms in total. The van der Waals surface area contributed by atoms with Crippen molar-refractivity contribution in [1.29, 1.82) is 0 Å². The van der Waals surface area contributed by atoms with Crippen LogP contribution in [0.1, 0.15) is 87.5 Å². The SMILES string of the molecule is C/C(=C\[C@H](C(C)C)N(C)C(=O)[C@@H](NC(=O)C1CCCCN1C(C)C)C(C)(C)C)C(=O)N1CCC[C@H]1C(=O)NCCOCCO. The van der Waals surface area contributed by atoms with Crippen molar-refractivity contribution >= 4 is 23.6 Å². The number of piperidine rings is 1. The minimum absolute atomic E-state index is 0.00519. The maximum absolute atomic E-state index is 14.1. The molecule has 2 fully saturated rings. The third-order valence-corrected chi connectivity index (χ3v) is 8.74. The number of carbonyl (C=O) groups is 4. The maximum Gasteiger partial charge on any atom is 0.249 e. The number of likely N-dealkylation sites (N-methyl/N-ethyl adjacent to an activating group) is 1. The molecule has 252 valence electrons. The summed E-state index contributed by atoms with van der Waals surface area (Å²) in [6.07, 6.45) is 5.96. The Morgan fingerprint density at radius 1 is 0.977 bits per heavy atom. The topological polar surface area (TPSA) is 132 Å². The van der Waals surface area contributed by atoms with Crippen molar-refractivity contribution in [3.63, 3.8) is 0 Å². The van der Waals surface area contributed by atoms with Gasteiger partial charge >= 0.3 is 0 Å². The first-order chi connectivity index (χ1) is 20.6. The molecule has 0 spiro atoms. The zero-order chi connectivity index (χ0) is 33.2. The van der Waals surface area contributed by atoms with Gasteiger partial charge in [0.1, 0.15) is 12.1 Å². The lowest BCUT2D eigenvalue weighted by Crippen LogP contribution is -2.60. The molecule has 2 rings (SSSR count). The number of likely N-dealkylation sites (tertiary alicyclic amines) is 2. The predicted molar refractivity (Wildman–Crippen MR) is 172 cm³/mol. The van der Waals surface area contributed by atoms with E-state index < -0.39 is 23.5 Å². The van der Waals surface area contributed by atoms with Crippen LogP contribution >= 0.6 is 0 Å². The van der Waals surface area contributed by atoms with Crippen LogP contribution in [0.3, 0.4) is 0 Å². The highest BCUT2D eigenvalue weighted by molar-refractivity contribution is 5.97. The minimum atomic E-state index is -0.741. The van der Waals surface area contributed by atoms with Crippen LogP contribution in [0.15, 0.2) is 11.6 Å². The number of amides is 4. The molecule has 4 amide bonds. The maximum atomic E-state index is 14.1. The van der Waals surface area contributed by atoms with Crippen molar-refractivity contribution in [2.75, 3.05) is 46.5 Å². The average Bonchev–Trinajstić information content (AvgIpc) is 3.46. The van der Waals surface area contributed by atoms with Crippen LogP contribution in [0.4, 0.5) is 0 Å². The van der Waals surface area contributed by atoms with Crippen LogP contribution in [0.25, 0.3) is 0 Å². The molecule has 44 heavy (non-hydrogen) atoms. The Bertz CT molecular complexity index is 1010. The molecule has 0 bridgehead atoms. The van der Waals surface area contributed by atoms with E-state index in [0.717, 1.165) is 32.2 Å². The third kappa shape index (κ3) is 10.3. The van der Waals surface area contributed by atoms with Crippen molar-refractivity contribution in [3.05, 3.63) is 11.6 Å². The van der Waals surface area contributed by atoms with E-state index in [1.807, 2.05) is 40.7 Å². The molecule has 2 aliphatic heterocycles. The summed E-state index contributed by atoms with van der Waals surface area (Å²) < 4.78 is 5.21. The van der Waals surface area contributed by atoms with Crippen LogP contribution in [0.5, 0.6) is 0 Å². The Labute approximate surface area is 265 Å². The van der Waals surface area contributed by atoms with E-state index in [2.05, 4.69) is 29.4 Å². The molecule has 2 saturated heterocycles. The number of aliphatic hydroxyl groups is 1. The smallest absolute Gasteiger partial charge is 0.249 e. The lowest BCUT2D eigenvalue weighted by atomic mass is 9.84. The van der Waals surface area contributed by atoms with Crippen molar-refractivity contribution in [2.45, 2.75) is 118 Å². The molecule has 0 aromatic rings. The van der Waals surface area contributed by atoms with Gasteiger partial charge in [0.25, 0.3) is 0 Å². The first-order valence-corrected chi connectivity index (χ1v) is 16.4. The zero-order valence-corrected chi connectivity index (χ0v) is 28.6. The first kappa shape index (κ1) is 37.7. The molecule has 0 aromatic heterocycles. The van der Waals surface area contributed by atoms with Crippen LogP contribution in [-0.4, -0.2) is 120 Å². The summed E-state index contributed by atoms with van der Waals surface area (Å²) in [4.78, 5) is 59.6. The van der Waals surface area contributed by atoms with E-state index in [0.29, 0.717) is 25.1 Å². The Balaban J connectivity index is 2.19. The number of hydrogen-bond acceptors (Lipinski definition) is 7. The van der Waals surface area contributed by atoms with Gasteiger partial charge in [0.05, 0.1) is 31.9 Å². The van der Waals surface area contributed by atoms with E-state index in [1.54, 1.807) is 23.8 Å². The number of nitrogens with one attached hydrogen (secondary N) is 2. The van der Waals surface area contributed by atoms with Gasteiger partial charge in [-0.2, -0.15) is 0 Å². The lowest BCUT2D eigenvalue weighted by Gasteiger charge is -2.41. The van der Waals surface area contributed by atoms with Crippen LogP contribution in [-0.2, 0) is 23.9 Å². The number of ether oxygens (including phenoxy) is 1. The number of nitrogens with zero attached hydrogens (tertiary/aromatic N) is 3. The Morgan fingerprint density at radius 3 is 2.23 bits per heavy atom. The number of rotatable bonds is 14. The molecular weight excluding hydrogens is 562 g/mol. The summed E-state index contributed by atoms with van der Waals surface area (Å²) in [6, 6.07) is -1.72. The first-order valence-electron chi connectivity index (χ1n) is 16.4. The highest BCUT2D eigenvalue weighted by Crippen LogP contribution is 2.26. The molecule has 11 heteroatoms. The highest BCUT2D eigenvalue weighted by Gasteiger charge is 2.40. The third-order valence-electron chi connectivity index (χ3n) is 8.74. The van der Waals surface area contributed by atoms with Gasteiger partial charge in [0.15, 0.2) is 0 Å². The fourth-order valence-electron chi connectivity index (χ4n) is 6.21. The van der Waals surface area contributed by atoms with Gasteiger partial charge in [-0.05, 0) is 64.3 Å². The van der Waals surface area contributed by atoms with E-state index in [1.165, 1.54) is 0 Å². The molecule has 2 heterocycles. The summed E-state index contributed by atoms with van der Waals surface area (Å²) >= 11 is 0. The highest BCUT2D eigenvalue weighted by atomic mass is 16.5. The Morgan fingerprint density at radius 2 is 1.64 bits per heavy atom. The summed E-state index contributed by atoms with van der Waals surface area (Å²) in [5.41, 5.74) is -0.0614. The zero-order valence-electron chi connectivity index (χ0n) is 28.6. The van der Waals surface area contributed by atoms with E-state index in [-0.39, 0.29) is 61.5 Å². The van der Waals surface area contributed by atoms with Gasteiger partial charge in [0.2, 0.25) is 23.6 Å². The van der Waals surface area contributed by atoms with Gasteiger partial charge in [-0.15, -0.1) is 0 Å². The predicted octanol–water partition coefficient (Wildman–Crippen LogP) is 2.33. The normalized spacial score (nSPS) is 21.4. The molecular formula is C33H59N5O6. The van der Waals surface area contributed by atoms with E-state index >= 15 is 0 Å². The van der Waals surface area contributed by atoms with Gasteiger partial charge < -0.3 is 30.3 Å². The molecule has 0 aromatic carbocycles. The summed E-state index contributed by atoms with van der Waals surface area (Å²) in [7, 11) is 1.73. The quantitative estimate of drug-likeness (QED) is 0.200. The molecule has 3 N–H and O–H groups in total. The largest absolute Gasteiger partial charge is 0.394 e. The molecule has 1 unspecified atom stereocenters. The van der Waals surface area contributed by atoms with Gasteiger partial charge in [-0.3, -0.25) is 24.1 Å². The molecule has 4 atom stereocenters. The molecule has 0 aliphatic carbocycles. The summed E-state index contributed by atoms with van der Waals surface area (Å²) in [5.74, 6) is -0.760. The number of aliphatic hydroxyl groups excluding tert-OH is 1. The fraction of sp³-hybridized carbons (Fsp3) is 0.818. The Kier molecular flexibility index (Phi) is 14.8. The lowest BCUT2D eigenvalue weighted by molar-refractivity contribution is -0.142. The van der Waals surface area contributed by atoms with Crippen LogP contribution in [0, 0.1) is 11.3 Å².